The summed E-state index contributed by atoms with van der Waals surface area (Å²) in [4.78, 5) is 2.30. The molecule has 1 aliphatic rings. The normalized spacial score (nSPS) is 15.4. The van der Waals surface area contributed by atoms with Crippen molar-refractivity contribution in [1.82, 2.24) is 5.32 Å². The Bertz CT molecular complexity index is 413. The highest BCUT2D eigenvalue weighted by Crippen LogP contribution is 2.25. The summed E-state index contributed by atoms with van der Waals surface area (Å²) in [5.74, 6) is 0.915. The van der Waals surface area contributed by atoms with E-state index in [1.165, 1.54) is 18.5 Å². The maximum atomic E-state index is 5.28. The maximum Gasteiger partial charge on any atom is 0.120 e. The molecule has 0 spiro atoms. The van der Waals surface area contributed by atoms with Crippen molar-refractivity contribution in [2.24, 2.45) is 5.41 Å². The minimum absolute atomic E-state index is 0.264. The van der Waals surface area contributed by atoms with E-state index in [4.69, 9.17) is 4.74 Å². The lowest BCUT2D eigenvalue weighted by Crippen LogP contribution is -2.39. The minimum Gasteiger partial charge on any atom is -0.497 e. The molecule has 0 aliphatic heterocycles. The van der Waals surface area contributed by atoms with Crippen LogP contribution in [0.3, 0.4) is 0 Å². The Kier molecular flexibility index (Phi) is 4.35. The van der Waals surface area contributed by atoms with Gasteiger partial charge in [0.05, 0.1) is 7.11 Å². The molecule has 0 unspecified atom stereocenters. The van der Waals surface area contributed by atoms with Crippen LogP contribution in [0.2, 0.25) is 0 Å². The highest BCUT2D eigenvalue weighted by Gasteiger charge is 2.26. The summed E-state index contributed by atoms with van der Waals surface area (Å²) in [7, 11) is 3.86. The number of nitrogens with zero attached hydrogens (tertiary/aromatic N) is 1. The van der Waals surface area contributed by atoms with Gasteiger partial charge in [0.15, 0.2) is 0 Å². The Hall–Kier alpha value is -1.22. The number of benzene rings is 1. The Balaban J connectivity index is 1.91. The van der Waals surface area contributed by atoms with Crippen LogP contribution in [0.25, 0.3) is 0 Å². The van der Waals surface area contributed by atoms with E-state index in [1.807, 2.05) is 12.1 Å². The molecule has 1 saturated carbocycles. The number of hydrogen-bond acceptors (Lipinski definition) is 3. The summed E-state index contributed by atoms with van der Waals surface area (Å²) in [6.07, 6.45) is 2.70. The van der Waals surface area contributed by atoms with Gasteiger partial charge >= 0.3 is 0 Å². The lowest BCUT2D eigenvalue weighted by Gasteiger charge is -2.32. The van der Waals surface area contributed by atoms with Gasteiger partial charge in [-0.3, -0.25) is 0 Å². The van der Waals surface area contributed by atoms with E-state index >= 15 is 0 Å². The summed E-state index contributed by atoms with van der Waals surface area (Å²) in [6.45, 7) is 6.74. The van der Waals surface area contributed by atoms with Crippen LogP contribution in [0.1, 0.15) is 26.7 Å². The molecular weight excluding hydrogens is 236 g/mol. The molecule has 3 heteroatoms. The fourth-order valence-corrected chi connectivity index (χ4v) is 2.35. The highest BCUT2D eigenvalue weighted by molar-refractivity contribution is 5.50. The third kappa shape index (κ3) is 4.43. The fraction of sp³-hybridized carbons (Fsp3) is 0.625. The van der Waals surface area contributed by atoms with Crippen molar-refractivity contribution < 1.29 is 4.74 Å². The zero-order valence-electron chi connectivity index (χ0n) is 12.6. The average Bonchev–Trinajstić information content (AvgIpc) is 3.20. The Morgan fingerprint density at radius 2 is 2.11 bits per heavy atom. The average molecular weight is 262 g/mol. The first-order valence-electron chi connectivity index (χ1n) is 7.09. The molecule has 106 valence electrons. The Labute approximate surface area is 116 Å². The summed E-state index contributed by atoms with van der Waals surface area (Å²) >= 11 is 0. The SMILES string of the molecule is COc1cccc(N(C)CC(C)(C)CNC2CC2)c1. The summed E-state index contributed by atoms with van der Waals surface area (Å²) < 4.78 is 5.28. The van der Waals surface area contributed by atoms with E-state index in [0.29, 0.717) is 0 Å². The molecule has 0 bridgehead atoms. The minimum atomic E-state index is 0.264. The van der Waals surface area contributed by atoms with Gasteiger partial charge in [0.2, 0.25) is 0 Å². The highest BCUT2D eigenvalue weighted by atomic mass is 16.5. The maximum absolute atomic E-state index is 5.28. The van der Waals surface area contributed by atoms with Crippen molar-refractivity contribution >= 4 is 5.69 Å². The van der Waals surface area contributed by atoms with Gasteiger partial charge < -0.3 is 15.0 Å². The molecule has 1 fully saturated rings. The predicted octanol–water partition coefficient (Wildman–Crippen LogP) is 2.91. The molecule has 1 N–H and O–H groups in total. The van der Waals surface area contributed by atoms with Crippen LogP contribution in [0, 0.1) is 5.41 Å². The Morgan fingerprint density at radius 1 is 1.37 bits per heavy atom. The third-order valence-electron chi connectivity index (χ3n) is 3.61. The van der Waals surface area contributed by atoms with Crippen molar-refractivity contribution in [3.8, 4) is 5.75 Å². The summed E-state index contributed by atoms with van der Waals surface area (Å²) in [6, 6.07) is 9.02. The molecule has 19 heavy (non-hydrogen) atoms. The van der Waals surface area contributed by atoms with Gasteiger partial charge in [-0.2, -0.15) is 0 Å². The number of ether oxygens (including phenoxy) is 1. The Morgan fingerprint density at radius 3 is 2.74 bits per heavy atom. The van der Waals surface area contributed by atoms with Crippen LogP contribution in [0.15, 0.2) is 24.3 Å². The van der Waals surface area contributed by atoms with Crippen molar-refractivity contribution in [3.05, 3.63) is 24.3 Å². The molecule has 1 aliphatic carbocycles. The number of anilines is 1. The topological polar surface area (TPSA) is 24.5 Å². The van der Waals surface area contributed by atoms with Gasteiger partial charge in [-0.1, -0.05) is 19.9 Å². The van der Waals surface area contributed by atoms with Gasteiger partial charge in [-0.05, 0) is 30.4 Å². The van der Waals surface area contributed by atoms with Crippen molar-refractivity contribution in [2.75, 3.05) is 32.1 Å². The van der Waals surface area contributed by atoms with Crippen LogP contribution in [0.5, 0.6) is 5.75 Å². The molecule has 3 nitrogen and oxygen atoms in total. The second-order valence-electron chi connectivity index (χ2n) is 6.38. The smallest absolute Gasteiger partial charge is 0.120 e. The van der Waals surface area contributed by atoms with E-state index in [2.05, 4.69) is 43.2 Å². The molecule has 1 aromatic rings. The van der Waals surface area contributed by atoms with Crippen LogP contribution < -0.4 is 15.0 Å². The first kappa shape index (κ1) is 14.2. The molecule has 1 aromatic carbocycles. The summed E-state index contributed by atoms with van der Waals surface area (Å²) in [5, 5.41) is 3.62. The molecule has 0 saturated heterocycles. The number of hydrogen-bond donors (Lipinski definition) is 1. The van der Waals surface area contributed by atoms with Crippen molar-refractivity contribution in [1.29, 1.82) is 0 Å². The van der Waals surface area contributed by atoms with Gasteiger partial charge in [0.1, 0.15) is 5.75 Å². The number of methoxy groups -OCH3 is 1. The van der Waals surface area contributed by atoms with E-state index in [1.54, 1.807) is 7.11 Å². The van der Waals surface area contributed by atoms with Crippen molar-refractivity contribution in [3.63, 3.8) is 0 Å². The van der Waals surface area contributed by atoms with Gasteiger partial charge in [0.25, 0.3) is 0 Å². The first-order chi connectivity index (χ1) is 9.00. The monoisotopic (exact) mass is 262 g/mol. The molecule has 0 atom stereocenters. The van der Waals surface area contributed by atoms with Crippen LogP contribution in [-0.2, 0) is 0 Å². The quantitative estimate of drug-likeness (QED) is 0.817. The summed E-state index contributed by atoms with van der Waals surface area (Å²) in [5.41, 5.74) is 1.47. The molecule has 0 amide bonds. The van der Waals surface area contributed by atoms with Gasteiger partial charge in [-0.25, -0.2) is 0 Å². The third-order valence-corrected chi connectivity index (χ3v) is 3.61. The zero-order chi connectivity index (χ0) is 13.9. The lowest BCUT2D eigenvalue weighted by molar-refractivity contribution is 0.345. The van der Waals surface area contributed by atoms with Gasteiger partial charge in [0, 0.05) is 37.9 Å². The lowest BCUT2D eigenvalue weighted by atomic mass is 9.92. The fourth-order valence-electron chi connectivity index (χ4n) is 2.35. The number of rotatable bonds is 7. The molecule has 0 aromatic heterocycles. The second-order valence-corrected chi connectivity index (χ2v) is 6.38. The van der Waals surface area contributed by atoms with Gasteiger partial charge in [-0.15, -0.1) is 0 Å². The van der Waals surface area contributed by atoms with Crippen LogP contribution >= 0.6 is 0 Å². The van der Waals surface area contributed by atoms with E-state index in [0.717, 1.165) is 24.9 Å². The van der Waals surface area contributed by atoms with E-state index in [-0.39, 0.29) is 5.41 Å². The zero-order valence-corrected chi connectivity index (χ0v) is 12.6. The largest absolute Gasteiger partial charge is 0.497 e. The van der Waals surface area contributed by atoms with Crippen molar-refractivity contribution in [2.45, 2.75) is 32.7 Å². The van der Waals surface area contributed by atoms with E-state index in [9.17, 15) is 0 Å². The molecular formula is C16H26N2O. The molecule has 2 rings (SSSR count). The molecule has 0 radical (unpaired) electrons. The van der Waals surface area contributed by atoms with E-state index < -0.39 is 0 Å². The van der Waals surface area contributed by atoms with Crippen LogP contribution in [-0.4, -0.2) is 33.3 Å². The molecule has 0 heterocycles. The predicted molar refractivity (Wildman–Crippen MR) is 81.1 cm³/mol. The van der Waals surface area contributed by atoms with Crippen LogP contribution in [0.4, 0.5) is 5.69 Å². The first-order valence-corrected chi connectivity index (χ1v) is 7.09. The standard InChI is InChI=1S/C16H26N2O/c1-16(2,11-17-13-8-9-13)12-18(3)14-6-5-7-15(10-14)19-4/h5-7,10,13,17H,8-9,11-12H2,1-4H3. The second kappa shape index (κ2) is 5.83. The number of nitrogens with one attached hydrogen (secondary N) is 1.